The standard InChI is InChI=1S/C10H16O2/c1-9(2)8-6-4-10(8,3)5-7(11-6)12-9/h6-8H,4-5H2,1-3H3. The third-order valence-electron chi connectivity index (χ3n) is 3.93. The highest BCUT2D eigenvalue weighted by atomic mass is 16.7. The van der Waals surface area contributed by atoms with Crippen LogP contribution >= 0.6 is 0 Å². The van der Waals surface area contributed by atoms with Crippen molar-refractivity contribution in [3.63, 3.8) is 0 Å². The smallest absolute Gasteiger partial charge is 0.159 e. The molecule has 0 aromatic heterocycles. The predicted octanol–water partition coefficient (Wildman–Crippen LogP) is 1.94. The Morgan fingerprint density at radius 3 is 2.33 bits per heavy atom. The number of ether oxygens (including phenoxy) is 2. The lowest BCUT2D eigenvalue weighted by Crippen LogP contribution is -2.71. The van der Waals surface area contributed by atoms with Crippen LogP contribution in [-0.2, 0) is 9.47 Å². The van der Waals surface area contributed by atoms with Crippen molar-refractivity contribution >= 4 is 0 Å². The highest BCUT2D eigenvalue weighted by molar-refractivity contribution is 5.12. The van der Waals surface area contributed by atoms with Crippen molar-refractivity contribution in [1.29, 1.82) is 0 Å². The minimum absolute atomic E-state index is 0.0544. The van der Waals surface area contributed by atoms with Crippen molar-refractivity contribution in [2.24, 2.45) is 11.3 Å². The van der Waals surface area contributed by atoms with Gasteiger partial charge in [-0.15, -0.1) is 0 Å². The van der Waals surface area contributed by atoms with E-state index in [9.17, 15) is 0 Å². The summed E-state index contributed by atoms with van der Waals surface area (Å²) in [6, 6.07) is 0. The molecule has 5 aliphatic rings. The van der Waals surface area contributed by atoms with Crippen LogP contribution < -0.4 is 0 Å². The van der Waals surface area contributed by atoms with Crippen molar-refractivity contribution in [3.8, 4) is 0 Å². The van der Waals surface area contributed by atoms with Crippen LogP contribution in [-0.4, -0.2) is 18.0 Å². The molecule has 12 heavy (non-hydrogen) atoms. The van der Waals surface area contributed by atoms with Gasteiger partial charge in [0.15, 0.2) is 6.29 Å². The van der Waals surface area contributed by atoms with Gasteiger partial charge in [-0.2, -0.15) is 0 Å². The summed E-state index contributed by atoms with van der Waals surface area (Å²) in [5.41, 5.74) is 0.578. The van der Waals surface area contributed by atoms with Crippen LogP contribution in [0.2, 0.25) is 0 Å². The molecule has 0 amide bonds. The molecule has 2 heteroatoms. The van der Waals surface area contributed by atoms with E-state index in [1.807, 2.05) is 0 Å². The second-order valence-corrected chi connectivity index (χ2v) is 5.37. The molecule has 4 unspecified atom stereocenters. The summed E-state index contributed by atoms with van der Waals surface area (Å²) in [7, 11) is 0. The summed E-state index contributed by atoms with van der Waals surface area (Å²) in [6.07, 6.45) is 2.95. The molecule has 4 saturated heterocycles. The zero-order valence-corrected chi connectivity index (χ0v) is 7.96. The highest BCUT2D eigenvalue weighted by Gasteiger charge is 2.66. The number of rotatable bonds is 0. The normalized spacial score (nSPS) is 59.8. The maximum atomic E-state index is 5.82. The SMILES string of the molecule is CC12CC3OC(C1)C2C(C)(C)O3. The number of hydrogen-bond donors (Lipinski definition) is 0. The molecule has 4 aliphatic heterocycles. The first-order valence-electron chi connectivity index (χ1n) is 4.85. The average Bonchev–Trinajstić information content (AvgIpc) is 1.78. The van der Waals surface area contributed by atoms with Gasteiger partial charge in [0.25, 0.3) is 0 Å². The van der Waals surface area contributed by atoms with Crippen molar-refractivity contribution in [1.82, 2.24) is 0 Å². The summed E-state index contributed by atoms with van der Waals surface area (Å²) >= 11 is 0. The monoisotopic (exact) mass is 168 g/mol. The molecule has 68 valence electrons. The molecule has 1 saturated carbocycles. The molecule has 0 aromatic rings. The summed E-state index contributed by atoms with van der Waals surface area (Å²) in [4.78, 5) is 0. The van der Waals surface area contributed by atoms with E-state index >= 15 is 0 Å². The fraction of sp³-hybridized carbons (Fsp3) is 1.00. The molecular formula is C10H16O2. The maximum Gasteiger partial charge on any atom is 0.159 e. The largest absolute Gasteiger partial charge is 0.349 e. The Kier molecular flexibility index (Phi) is 1.06. The summed E-state index contributed by atoms with van der Waals surface area (Å²) in [5, 5.41) is 0. The second kappa shape index (κ2) is 1.73. The molecule has 1 aliphatic carbocycles. The molecule has 0 N–H and O–H groups in total. The van der Waals surface area contributed by atoms with Gasteiger partial charge in [0.2, 0.25) is 0 Å². The average molecular weight is 168 g/mol. The van der Waals surface area contributed by atoms with Crippen molar-refractivity contribution < 1.29 is 9.47 Å². The van der Waals surface area contributed by atoms with Gasteiger partial charge in [0.05, 0.1) is 11.7 Å². The van der Waals surface area contributed by atoms with E-state index in [-0.39, 0.29) is 11.9 Å². The maximum absolute atomic E-state index is 5.82. The Bertz CT molecular complexity index is 220. The van der Waals surface area contributed by atoms with Crippen LogP contribution in [0, 0.1) is 11.3 Å². The summed E-state index contributed by atoms with van der Waals surface area (Å²) in [6.45, 7) is 6.79. The highest BCUT2D eigenvalue weighted by Crippen LogP contribution is 2.64. The lowest BCUT2D eigenvalue weighted by molar-refractivity contribution is -0.414. The molecule has 4 bridgehead atoms. The minimum atomic E-state index is 0.0544. The van der Waals surface area contributed by atoms with E-state index in [1.54, 1.807) is 0 Å². The number of fused-ring (bicyclic) bond motifs is 1. The first kappa shape index (κ1) is 7.34. The van der Waals surface area contributed by atoms with Gasteiger partial charge in [-0.3, -0.25) is 0 Å². The van der Waals surface area contributed by atoms with E-state index in [0.717, 1.165) is 6.42 Å². The van der Waals surface area contributed by atoms with Gasteiger partial charge in [0, 0.05) is 12.3 Å². The molecule has 4 atom stereocenters. The molecule has 0 radical (unpaired) electrons. The van der Waals surface area contributed by atoms with E-state index in [4.69, 9.17) is 9.47 Å². The Morgan fingerprint density at radius 2 is 1.92 bits per heavy atom. The lowest BCUT2D eigenvalue weighted by atomic mass is 9.50. The molecule has 5 rings (SSSR count). The Hall–Kier alpha value is -0.0800. The van der Waals surface area contributed by atoms with E-state index in [1.165, 1.54) is 6.42 Å². The molecule has 0 spiro atoms. The van der Waals surface area contributed by atoms with Crippen LogP contribution in [0.5, 0.6) is 0 Å². The second-order valence-electron chi connectivity index (χ2n) is 5.37. The van der Waals surface area contributed by atoms with Crippen LogP contribution in [0.25, 0.3) is 0 Å². The van der Waals surface area contributed by atoms with Gasteiger partial charge in [0.1, 0.15) is 0 Å². The van der Waals surface area contributed by atoms with E-state index in [0.29, 0.717) is 17.4 Å². The van der Waals surface area contributed by atoms with Crippen molar-refractivity contribution in [2.45, 2.75) is 51.6 Å². The zero-order valence-electron chi connectivity index (χ0n) is 7.96. The summed E-state index contributed by atoms with van der Waals surface area (Å²) < 4.78 is 11.5. The Morgan fingerprint density at radius 1 is 1.17 bits per heavy atom. The van der Waals surface area contributed by atoms with Gasteiger partial charge < -0.3 is 9.47 Å². The van der Waals surface area contributed by atoms with Crippen molar-refractivity contribution in [3.05, 3.63) is 0 Å². The lowest BCUT2D eigenvalue weighted by Gasteiger charge is -2.68. The fourth-order valence-corrected chi connectivity index (χ4v) is 3.72. The van der Waals surface area contributed by atoms with Crippen LogP contribution in [0.15, 0.2) is 0 Å². The Balaban J connectivity index is 2.01. The number of hydrogen-bond acceptors (Lipinski definition) is 2. The van der Waals surface area contributed by atoms with Gasteiger partial charge in [-0.05, 0) is 25.7 Å². The van der Waals surface area contributed by atoms with Crippen LogP contribution in [0.3, 0.4) is 0 Å². The first-order valence-corrected chi connectivity index (χ1v) is 4.85. The Labute approximate surface area is 73.2 Å². The van der Waals surface area contributed by atoms with Gasteiger partial charge in [-0.1, -0.05) is 6.92 Å². The van der Waals surface area contributed by atoms with E-state index in [2.05, 4.69) is 20.8 Å². The molecule has 0 aromatic carbocycles. The third-order valence-corrected chi connectivity index (χ3v) is 3.93. The third kappa shape index (κ3) is 0.647. The topological polar surface area (TPSA) is 18.5 Å². The van der Waals surface area contributed by atoms with E-state index < -0.39 is 0 Å². The first-order chi connectivity index (χ1) is 5.51. The fourth-order valence-electron chi connectivity index (χ4n) is 3.72. The quantitative estimate of drug-likeness (QED) is 0.550. The zero-order chi connectivity index (χ0) is 8.56. The van der Waals surface area contributed by atoms with Gasteiger partial charge in [-0.25, -0.2) is 0 Å². The molecular weight excluding hydrogens is 152 g/mol. The summed E-state index contributed by atoms with van der Waals surface area (Å²) in [5.74, 6) is 0.634. The molecule has 4 heterocycles. The van der Waals surface area contributed by atoms with Crippen LogP contribution in [0.1, 0.15) is 33.6 Å². The van der Waals surface area contributed by atoms with Gasteiger partial charge >= 0.3 is 0 Å². The molecule has 2 nitrogen and oxygen atoms in total. The predicted molar refractivity (Wildman–Crippen MR) is 44.7 cm³/mol. The van der Waals surface area contributed by atoms with Crippen molar-refractivity contribution in [2.75, 3.05) is 0 Å². The van der Waals surface area contributed by atoms with Crippen LogP contribution in [0.4, 0.5) is 0 Å². The minimum Gasteiger partial charge on any atom is -0.349 e. The molecule has 5 fully saturated rings.